The second-order valence-corrected chi connectivity index (χ2v) is 21.6. The Morgan fingerprint density at radius 1 is 1.12 bits per heavy atom. The van der Waals surface area contributed by atoms with Crippen molar-refractivity contribution in [3.05, 3.63) is 30.5 Å². The van der Waals surface area contributed by atoms with Gasteiger partial charge in [-0.1, -0.05) is 0 Å². The summed E-state index contributed by atoms with van der Waals surface area (Å²) < 4.78 is 26.2. The van der Waals surface area contributed by atoms with Crippen molar-refractivity contribution in [3.63, 3.8) is 0 Å². The fraction of sp³-hybridized carbons (Fsp3) is 0.333. The zero-order chi connectivity index (χ0) is 12.8. The Kier molecular flexibility index (Phi) is 3.06. The molecule has 3 nitrogen and oxygen atoms in total. The molecule has 0 aliphatic rings. The molecule has 0 amide bonds. The average molecular weight is 358 g/mol. The van der Waals surface area contributed by atoms with Crippen LogP contribution in [0.3, 0.4) is 0 Å². The van der Waals surface area contributed by atoms with Crippen molar-refractivity contribution in [2.75, 3.05) is 6.26 Å². The zero-order valence-electron chi connectivity index (χ0n) is 10.6. The summed E-state index contributed by atoms with van der Waals surface area (Å²) in [6, 6.07) is 7.74. The summed E-state index contributed by atoms with van der Waals surface area (Å²) >= 11 is -2.29. The third-order valence-corrected chi connectivity index (χ3v) is 9.61. The maximum absolute atomic E-state index is 11.8. The molecule has 0 saturated heterocycles. The number of fused-ring (bicyclic) bond motifs is 1. The standard InChI is InChI=1S/C9H8NO2S.3CH3.Sn/c1-13(11,12)10-7-6-8-4-2-3-5-9(8)10;;;;/h2-5,7H,1H3;3*1H3;. The van der Waals surface area contributed by atoms with Gasteiger partial charge in [0.2, 0.25) is 0 Å². The number of nitrogens with zero attached hydrogens (tertiary/aromatic N) is 1. The van der Waals surface area contributed by atoms with Crippen LogP contribution in [0.15, 0.2) is 30.5 Å². The summed E-state index contributed by atoms with van der Waals surface area (Å²) in [7, 11) is -3.22. The van der Waals surface area contributed by atoms with Crippen molar-refractivity contribution >= 4 is 42.9 Å². The van der Waals surface area contributed by atoms with Gasteiger partial charge in [-0.05, 0) is 0 Å². The summed E-state index contributed by atoms with van der Waals surface area (Å²) in [5.74, 6) is 0. The molecule has 0 aliphatic heterocycles. The Balaban J connectivity index is 2.91. The molecule has 0 spiro atoms. The molecular formula is C12H17NO2SSn. The molecule has 1 aromatic heterocycles. The van der Waals surface area contributed by atoms with E-state index >= 15 is 0 Å². The van der Waals surface area contributed by atoms with E-state index in [-0.39, 0.29) is 0 Å². The number of para-hydroxylation sites is 1. The molecule has 0 unspecified atom stereocenters. The van der Waals surface area contributed by atoms with Crippen LogP contribution in [-0.4, -0.2) is 37.0 Å². The van der Waals surface area contributed by atoms with E-state index < -0.39 is 28.4 Å². The molecule has 0 saturated carbocycles. The fourth-order valence-corrected chi connectivity index (χ4v) is 7.49. The Bertz CT molecular complexity index is 665. The van der Waals surface area contributed by atoms with Crippen LogP contribution >= 0.6 is 0 Å². The van der Waals surface area contributed by atoms with Crippen molar-refractivity contribution in [1.29, 1.82) is 0 Å². The molecule has 0 aliphatic carbocycles. The Morgan fingerprint density at radius 2 is 1.71 bits per heavy atom. The van der Waals surface area contributed by atoms with Crippen molar-refractivity contribution in [1.82, 2.24) is 3.97 Å². The monoisotopic (exact) mass is 359 g/mol. The Hall–Kier alpha value is -0.491. The minimum absolute atomic E-state index is 0.802. The normalized spacial score (nSPS) is 13.2. The second kappa shape index (κ2) is 4.02. The van der Waals surface area contributed by atoms with Crippen molar-refractivity contribution in [2.45, 2.75) is 14.8 Å². The van der Waals surface area contributed by atoms with Crippen LogP contribution in [-0.2, 0) is 10.0 Å². The van der Waals surface area contributed by atoms with E-state index in [1.807, 2.05) is 30.5 Å². The van der Waals surface area contributed by atoms with Gasteiger partial charge in [0, 0.05) is 0 Å². The third-order valence-electron chi connectivity index (χ3n) is 2.84. The van der Waals surface area contributed by atoms with E-state index in [0.29, 0.717) is 0 Å². The summed E-state index contributed by atoms with van der Waals surface area (Å²) in [5.41, 5.74) is 0.802. The van der Waals surface area contributed by atoms with Gasteiger partial charge in [0.15, 0.2) is 0 Å². The van der Waals surface area contributed by atoms with Crippen LogP contribution < -0.4 is 3.58 Å². The molecule has 0 radical (unpaired) electrons. The van der Waals surface area contributed by atoms with E-state index in [0.717, 1.165) is 10.9 Å². The van der Waals surface area contributed by atoms with Crippen LogP contribution in [0.5, 0.6) is 0 Å². The molecule has 1 heterocycles. The van der Waals surface area contributed by atoms with Gasteiger partial charge in [0.1, 0.15) is 0 Å². The first-order chi connectivity index (χ1) is 7.71. The number of hydrogen-bond acceptors (Lipinski definition) is 2. The number of rotatable bonds is 2. The number of aromatic nitrogens is 1. The van der Waals surface area contributed by atoms with Gasteiger partial charge in [0.05, 0.1) is 0 Å². The van der Waals surface area contributed by atoms with Crippen LogP contribution in [0.4, 0.5) is 0 Å². The number of hydrogen-bond donors (Lipinski definition) is 0. The summed E-state index contributed by atoms with van der Waals surface area (Å²) in [5, 5.41) is 1.10. The van der Waals surface area contributed by atoms with E-state index in [4.69, 9.17) is 0 Å². The van der Waals surface area contributed by atoms with Crippen LogP contribution in [0, 0.1) is 0 Å². The summed E-state index contributed by atoms with van der Waals surface area (Å²) in [4.78, 5) is 6.88. The molecule has 2 rings (SSSR count). The zero-order valence-corrected chi connectivity index (χ0v) is 14.2. The summed E-state index contributed by atoms with van der Waals surface area (Å²) in [6.45, 7) is 0. The fourth-order valence-electron chi connectivity index (χ4n) is 2.02. The van der Waals surface area contributed by atoms with Gasteiger partial charge in [-0.25, -0.2) is 0 Å². The first-order valence-electron chi connectivity index (χ1n) is 5.52. The molecule has 17 heavy (non-hydrogen) atoms. The molecule has 2 aromatic rings. The van der Waals surface area contributed by atoms with Crippen LogP contribution in [0.1, 0.15) is 0 Å². The quantitative estimate of drug-likeness (QED) is 0.771. The van der Waals surface area contributed by atoms with E-state index in [2.05, 4.69) is 14.8 Å². The van der Waals surface area contributed by atoms with Crippen LogP contribution in [0.2, 0.25) is 14.8 Å². The predicted octanol–water partition coefficient (Wildman–Crippen LogP) is 1.99. The molecular weight excluding hydrogens is 341 g/mol. The molecule has 0 N–H and O–H groups in total. The molecule has 0 bridgehead atoms. The Labute approximate surface area is 106 Å². The average Bonchev–Trinajstić information content (AvgIpc) is 2.55. The molecule has 5 heteroatoms. The van der Waals surface area contributed by atoms with E-state index in [1.165, 1.54) is 13.8 Å². The third kappa shape index (κ3) is 2.38. The minimum atomic E-state index is -3.22. The van der Waals surface area contributed by atoms with Crippen molar-refractivity contribution < 1.29 is 8.42 Å². The van der Waals surface area contributed by atoms with Crippen molar-refractivity contribution in [2.24, 2.45) is 0 Å². The SMILES string of the molecule is CS(=O)(=O)n1c[c]([Sn]([CH3])([CH3])[CH3])c2ccccc21. The molecule has 0 atom stereocenters. The van der Waals surface area contributed by atoms with E-state index in [1.54, 1.807) is 0 Å². The summed E-state index contributed by atoms with van der Waals surface area (Å²) in [6.07, 6.45) is 3.08. The van der Waals surface area contributed by atoms with Gasteiger partial charge in [-0.2, -0.15) is 0 Å². The second-order valence-electron chi connectivity index (χ2n) is 5.37. The molecule has 1 aromatic carbocycles. The van der Waals surface area contributed by atoms with Gasteiger partial charge >= 0.3 is 107 Å². The molecule has 92 valence electrons. The van der Waals surface area contributed by atoms with Crippen molar-refractivity contribution in [3.8, 4) is 0 Å². The van der Waals surface area contributed by atoms with E-state index in [9.17, 15) is 8.42 Å². The topological polar surface area (TPSA) is 39.1 Å². The van der Waals surface area contributed by atoms with Gasteiger partial charge in [-0.15, -0.1) is 0 Å². The maximum atomic E-state index is 11.8. The first kappa shape index (κ1) is 13.0. The van der Waals surface area contributed by atoms with Gasteiger partial charge < -0.3 is 0 Å². The van der Waals surface area contributed by atoms with Crippen LogP contribution in [0.25, 0.3) is 10.9 Å². The number of benzene rings is 1. The molecule has 0 fully saturated rings. The Morgan fingerprint density at radius 3 is 2.24 bits per heavy atom. The first-order valence-corrected chi connectivity index (χ1v) is 17.4. The van der Waals surface area contributed by atoms with Gasteiger partial charge in [0.25, 0.3) is 0 Å². The predicted molar refractivity (Wildman–Crippen MR) is 75.2 cm³/mol. The van der Waals surface area contributed by atoms with Gasteiger partial charge in [-0.3, -0.25) is 0 Å².